The van der Waals surface area contributed by atoms with Gasteiger partial charge in [-0.25, -0.2) is 0 Å². The zero-order valence-electron chi connectivity index (χ0n) is 8.43. The number of amidine groups is 1. The van der Waals surface area contributed by atoms with Crippen LogP contribution in [0.5, 0.6) is 0 Å². The van der Waals surface area contributed by atoms with E-state index in [4.69, 9.17) is 0 Å². The number of hydrogen-bond acceptors (Lipinski definition) is 2. The maximum Gasteiger partial charge on any atom is 0.0963 e. The molecular formula is C10H20N2. The van der Waals surface area contributed by atoms with E-state index in [0.717, 1.165) is 31.3 Å². The first-order valence-electron chi connectivity index (χ1n) is 4.97. The Bertz CT molecular complexity index is 161. The van der Waals surface area contributed by atoms with Crippen molar-refractivity contribution in [2.24, 2.45) is 16.8 Å². The van der Waals surface area contributed by atoms with Gasteiger partial charge in [0.2, 0.25) is 0 Å². The molecule has 1 N–H and O–H groups in total. The van der Waals surface area contributed by atoms with Crippen LogP contribution in [0.25, 0.3) is 0 Å². The third kappa shape index (κ3) is 2.84. The molecule has 1 heterocycles. The first kappa shape index (κ1) is 9.56. The Morgan fingerprint density at radius 3 is 2.67 bits per heavy atom. The van der Waals surface area contributed by atoms with E-state index >= 15 is 0 Å². The van der Waals surface area contributed by atoms with Gasteiger partial charge in [-0.05, 0) is 18.3 Å². The van der Waals surface area contributed by atoms with E-state index in [1.807, 2.05) is 0 Å². The topological polar surface area (TPSA) is 24.4 Å². The monoisotopic (exact) mass is 168 g/mol. The van der Waals surface area contributed by atoms with Crippen LogP contribution in [-0.2, 0) is 0 Å². The highest BCUT2D eigenvalue weighted by Crippen LogP contribution is 2.08. The van der Waals surface area contributed by atoms with Gasteiger partial charge in [0.05, 0.1) is 5.84 Å². The lowest BCUT2D eigenvalue weighted by atomic mass is 9.98. The van der Waals surface area contributed by atoms with Crippen LogP contribution in [0.3, 0.4) is 0 Å². The Hall–Kier alpha value is -0.530. The second-order valence-corrected chi connectivity index (χ2v) is 4.03. The predicted molar refractivity (Wildman–Crippen MR) is 53.5 cm³/mol. The molecule has 1 atom stereocenters. The minimum Gasteiger partial charge on any atom is -0.374 e. The van der Waals surface area contributed by atoms with E-state index < -0.39 is 0 Å². The van der Waals surface area contributed by atoms with Gasteiger partial charge in [0.15, 0.2) is 0 Å². The van der Waals surface area contributed by atoms with Crippen LogP contribution in [0.15, 0.2) is 4.99 Å². The first-order chi connectivity index (χ1) is 5.70. The second-order valence-electron chi connectivity index (χ2n) is 4.03. The van der Waals surface area contributed by atoms with Crippen LogP contribution in [-0.4, -0.2) is 18.9 Å². The molecule has 0 bridgehead atoms. The summed E-state index contributed by atoms with van der Waals surface area (Å²) in [6, 6.07) is 0. The van der Waals surface area contributed by atoms with Crippen molar-refractivity contribution in [2.45, 2.75) is 33.6 Å². The third-order valence-electron chi connectivity index (χ3n) is 2.64. The van der Waals surface area contributed by atoms with Crippen molar-refractivity contribution in [3.63, 3.8) is 0 Å². The van der Waals surface area contributed by atoms with Crippen molar-refractivity contribution in [1.29, 1.82) is 0 Å². The Kier molecular flexibility index (Phi) is 3.57. The highest BCUT2D eigenvalue weighted by Gasteiger charge is 2.09. The van der Waals surface area contributed by atoms with Gasteiger partial charge in [0, 0.05) is 19.5 Å². The summed E-state index contributed by atoms with van der Waals surface area (Å²) in [5.74, 6) is 2.73. The molecule has 0 aromatic rings. The van der Waals surface area contributed by atoms with Crippen molar-refractivity contribution in [3.05, 3.63) is 0 Å². The number of nitrogens with one attached hydrogen (secondary N) is 1. The molecule has 1 rings (SSSR count). The fourth-order valence-electron chi connectivity index (χ4n) is 1.20. The lowest BCUT2D eigenvalue weighted by molar-refractivity contribution is 0.415. The summed E-state index contributed by atoms with van der Waals surface area (Å²) >= 11 is 0. The van der Waals surface area contributed by atoms with Crippen molar-refractivity contribution >= 4 is 5.84 Å². The van der Waals surface area contributed by atoms with Gasteiger partial charge in [0.25, 0.3) is 0 Å². The van der Waals surface area contributed by atoms with Gasteiger partial charge >= 0.3 is 0 Å². The third-order valence-corrected chi connectivity index (χ3v) is 2.64. The summed E-state index contributed by atoms with van der Waals surface area (Å²) in [5, 5.41) is 3.41. The second kappa shape index (κ2) is 4.48. The summed E-state index contributed by atoms with van der Waals surface area (Å²) in [7, 11) is 0. The fraction of sp³-hybridized carbons (Fsp3) is 0.900. The van der Waals surface area contributed by atoms with Gasteiger partial charge in [-0.1, -0.05) is 20.8 Å². The molecule has 2 nitrogen and oxygen atoms in total. The zero-order valence-corrected chi connectivity index (χ0v) is 8.43. The molecule has 0 saturated heterocycles. The maximum atomic E-state index is 4.37. The Labute approximate surface area is 75.5 Å². The Morgan fingerprint density at radius 1 is 1.42 bits per heavy atom. The zero-order chi connectivity index (χ0) is 8.97. The molecule has 0 radical (unpaired) electrons. The standard InChI is InChI=1S/C10H20N2/c1-8(2)9(3)7-12-10-5-4-6-11-10/h8-9H,4-7H2,1-3H3,(H,11,12). The van der Waals surface area contributed by atoms with Gasteiger partial charge in [0.1, 0.15) is 0 Å². The molecule has 0 saturated carbocycles. The molecule has 0 aromatic heterocycles. The van der Waals surface area contributed by atoms with Gasteiger partial charge in [-0.2, -0.15) is 0 Å². The van der Waals surface area contributed by atoms with Crippen LogP contribution in [0.1, 0.15) is 33.6 Å². The predicted octanol–water partition coefficient (Wildman–Crippen LogP) is 2.06. The van der Waals surface area contributed by atoms with Gasteiger partial charge in [-0.15, -0.1) is 0 Å². The molecule has 1 unspecified atom stereocenters. The van der Waals surface area contributed by atoms with Crippen LogP contribution >= 0.6 is 0 Å². The fourth-order valence-corrected chi connectivity index (χ4v) is 1.20. The molecule has 0 aliphatic carbocycles. The minimum atomic E-state index is 0.744. The van der Waals surface area contributed by atoms with Crippen molar-refractivity contribution in [1.82, 2.24) is 5.32 Å². The van der Waals surface area contributed by atoms with Crippen molar-refractivity contribution < 1.29 is 0 Å². The molecule has 12 heavy (non-hydrogen) atoms. The van der Waals surface area contributed by atoms with Crippen LogP contribution in [0.2, 0.25) is 0 Å². The van der Waals surface area contributed by atoms with Crippen molar-refractivity contribution in [2.75, 3.05) is 13.1 Å². The summed E-state index contributed by atoms with van der Waals surface area (Å²) in [6.07, 6.45) is 2.39. The quantitative estimate of drug-likeness (QED) is 0.685. The van der Waals surface area contributed by atoms with Gasteiger partial charge in [-0.3, -0.25) is 4.99 Å². The highest BCUT2D eigenvalue weighted by atomic mass is 15.0. The smallest absolute Gasteiger partial charge is 0.0963 e. The SMILES string of the molecule is CC(C)C(C)CNC1=NCCC1. The molecule has 0 fully saturated rings. The largest absolute Gasteiger partial charge is 0.374 e. The summed E-state index contributed by atoms with van der Waals surface area (Å²) in [5.41, 5.74) is 0. The maximum absolute atomic E-state index is 4.37. The molecule has 0 amide bonds. The van der Waals surface area contributed by atoms with E-state index in [2.05, 4.69) is 31.1 Å². The molecule has 0 spiro atoms. The summed E-state index contributed by atoms with van der Waals surface area (Å²) < 4.78 is 0. The number of nitrogens with zero attached hydrogens (tertiary/aromatic N) is 1. The van der Waals surface area contributed by atoms with E-state index in [1.54, 1.807) is 0 Å². The summed E-state index contributed by atoms with van der Waals surface area (Å²) in [6.45, 7) is 8.92. The van der Waals surface area contributed by atoms with Gasteiger partial charge < -0.3 is 5.32 Å². The Balaban J connectivity index is 2.16. The normalized spacial score (nSPS) is 19.5. The lowest BCUT2D eigenvalue weighted by Crippen LogP contribution is -2.28. The number of hydrogen-bond donors (Lipinski definition) is 1. The molecule has 1 aliphatic heterocycles. The molecule has 0 aromatic carbocycles. The average molecular weight is 168 g/mol. The average Bonchev–Trinajstić information content (AvgIpc) is 2.51. The molecular weight excluding hydrogens is 148 g/mol. The minimum absolute atomic E-state index is 0.744. The molecule has 70 valence electrons. The summed E-state index contributed by atoms with van der Waals surface area (Å²) in [4.78, 5) is 4.37. The Morgan fingerprint density at radius 2 is 2.17 bits per heavy atom. The first-order valence-corrected chi connectivity index (χ1v) is 4.97. The molecule has 2 heteroatoms. The van der Waals surface area contributed by atoms with E-state index in [0.29, 0.717) is 0 Å². The van der Waals surface area contributed by atoms with Crippen LogP contribution in [0.4, 0.5) is 0 Å². The number of rotatable bonds is 3. The van der Waals surface area contributed by atoms with Crippen LogP contribution in [0, 0.1) is 11.8 Å². The van der Waals surface area contributed by atoms with E-state index in [1.165, 1.54) is 12.3 Å². The van der Waals surface area contributed by atoms with E-state index in [9.17, 15) is 0 Å². The van der Waals surface area contributed by atoms with E-state index in [-0.39, 0.29) is 0 Å². The lowest BCUT2D eigenvalue weighted by Gasteiger charge is -2.16. The molecule has 1 aliphatic rings. The van der Waals surface area contributed by atoms with Crippen LogP contribution < -0.4 is 5.32 Å². The number of aliphatic imine (C=N–C) groups is 1. The highest BCUT2D eigenvalue weighted by molar-refractivity contribution is 5.83. The van der Waals surface area contributed by atoms with Crippen molar-refractivity contribution in [3.8, 4) is 0 Å².